The SMILES string of the molecule is O=C(NC[C@H](c1ccco1)N1CCSCC1)c1csc(-c2ccccc2)n1. The van der Waals surface area contributed by atoms with Gasteiger partial charge in [-0.15, -0.1) is 11.3 Å². The van der Waals surface area contributed by atoms with E-state index in [0.717, 1.165) is 40.9 Å². The highest BCUT2D eigenvalue weighted by Crippen LogP contribution is 2.25. The fourth-order valence-corrected chi connectivity index (χ4v) is 4.89. The van der Waals surface area contributed by atoms with E-state index in [-0.39, 0.29) is 11.9 Å². The summed E-state index contributed by atoms with van der Waals surface area (Å²) in [6.07, 6.45) is 1.69. The van der Waals surface area contributed by atoms with Gasteiger partial charge in [-0.25, -0.2) is 4.98 Å². The lowest BCUT2D eigenvalue weighted by Gasteiger charge is -2.33. The summed E-state index contributed by atoms with van der Waals surface area (Å²) in [6, 6.07) is 13.9. The lowest BCUT2D eigenvalue weighted by atomic mass is 10.1. The number of carbonyl (C=O) groups excluding carboxylic acids is 1. The Balaban J connectivity index is 1.43. The van der Waals surface area contributed by atoms with E-state index in [2.05, 4.69) is 15.2 Å². The Morgan fingerprint density at radius 2 is 2.00 bits per heavy atom. The van der Waals surface area contributed by atoms with Gasteiger partial charge in [-0.1, -0.05) is 30.3 Å². The van der Waals surface area contributed by atoms with E-state index in [9.17, 15) is 4.79 Å². The second-order valence-corrected chi connectivity index (χ2v) is 8.38. The number of furan rings is 1. The summed E-state index contributed by atoms with van der Waals surface area (Å²) >= 11 is 3.45. The normalized spacial score (nSPS) is 16.1. The van der Waals surface area contributed by atoms with Crippen LogP contribution in [0, 0.1) is 0 Å². The molecule has 27 heavy (non-hydrogen) atoms. The van der Waals surface area contributed by atoms with Crippen LogP contribution in [0.1, 0.15) is 22.3 Å². The molecule has 5 nitrogen and oxygen atoms in total. The highest BCUT2D eigenvalue weighted by molar-refractivity contribution is 7.99. The van der Waals surface area contributed by atoms with Crippen LogP contribution in [-0.2, 0) is 0 Å². The maximum atomic E-state index is 12.6. The van der Waals surface area contributed by atoms with Gasteiger partial charge in [-0.05, 0) is 12.1 Å². The van der Waals surface area contributed by atoms with Crippen molar-refractivity contribution >= 4 is 29.0 Å². The predicted octanol–water partition coefficient (Wildman–Crippen LogP) is 3.92. The molecule has 1 aliphatic heterocycles. The van der Waals surface area contributed by atoms with Crippen molar-refractivity contribution in [2.75, 3.05) is 31.1 Å². The third kappa shape index (κ3) is 4.43. The summed E-state index contributed by atoms with van der Waals surface area (Å²) in [5.41, 5.74) is 1.49. The van der Waals surface area contributed by atoms with Gasteiger partial charge in [0.05, 0.1) is 12.3 Å². The summed E-state index contributed by atoms with van der Waals surface area (Å²) in [6.45, 7) is 2.51. The fraction of sp³-hybridized carbons (Fsp3) is 0.300. The molecule has 0 bridgehead atoms. The number of aromatic nitrogens is 1. The molecule has 3 aromatic rings. The molecule has 1 fully saturated rings. The smallest absolute Gasteiger partial charge is 0.270 e. The summed E-state index contributed by atoms with van der Waals surface area (Å²) in [5, 5.41) is 5.72. The fourth-order valence-electron chi connectivity index (χ4n) is 3.15. The summed E-state index contributed by atoms with van der Waals surface area (Å²) in [5.74, 6) is 2.97. The Morgan fingerprint density at radius 3 is 2.74 bits per heavy atom. The van der Waals surface area contributed by atoms with E-state index in [0.29, 0.717) is 12.2 Å². The number of nitrogens with one attached hydrogen (secondary N) is 1. The lowest BCUT2D eigenvalue weighted by molar-refractivity contribution is 0.0925. The van der Waals surface area contributed by atoms with Crippen LogP contribution in [0.25, 0.3) is 10.6 Å². The average molecular weight is 400 g/mol. The van der Waals surface area contributed by atoms with Crippen molar-refractivity contribution in [3.63, 3.8) is 0 Å². The molecular formula is C20H21N3O2S2. The van der Waals surface area contributed by atoms with Gasteiger partial charge in [0.2, 0.25) is 0 Å². The molecular weight excluding hydrogens is 378 g/mol. The van der Waals surface area contributed by atoms with E-state index in [1.54, 1.807) is 6.26 Å². The Labute approximate surface area is 166 Å². The number of rotatable bonds is 6. The number of nitrogens with zero attached hydrogens (tertiary/aromatic N) is 2. The highest BCUT2D eigenvalue weighted by atomic mass is 32.2. The zero-order valence-electron chi connectivity index (χ0n) is 14.8. The van der Waals surface area contributed by atoms with E-state index < -0.39 is 0 Å². The molecule has 0 saturated carbocycles. The van der Waals surface area contributed by atoms with Crippen LogP contribution in [0.5, 0.6) is 0 Å². The Kier molecular flexibility index (Phi) is 5.91. The largest absolute Gasteiger partial charge is 0.468 e. The topological polar surface area (TPSA) is 58.4 Å². The standard InChI is InChI=1S/C20H21N3O2S2/c24-19(16-14-27-20(22-16)15-5-2-1-3-6-15)21-13-17(18-7-4-10-25-18)23-8-11-26-12-9-23/h1-7,10,14,17H,8-9,11-13H2,(H,21,24)/t17-/m1/s1. The van der Waals surface area contributed by atoms with Gasteiger partial charge in [0.25, 0.3) is 5.91 Å². The molecule has 0 aliphatic carbocycles. The number of thioether (sulfide) groups is 1. The Morgan fingerprint density at radius 1 is 1.19 bits per heavy atom. The molecule has 1 amide bonds. The van der Waals surface area contributed by atoms with Crippen molar-refractivity contribution < 1.29 is 9.21 Å². The molecule has 1 N–H and O–H groups in total. The molecule has 7 heteroatoms. The first-order chi connectivity index (χ1) is 13.3. The van der Waals surface area contributed by atoms with Gasteiger partial charge in [-0.2, -0.15) is 11.8 Å². The monoisotopic (exact) mass is 399 g/mol. The van der Waals surface area contributed by atoms with Gasteiger partial charge in [0.1, 0.15) is 16.5 Å². The van der Waals surface area contributed by atoms with Crippen molar-refractivity contribution in [1.82, 2.24) is 15.2 Å². The van der Waals surface area contributed by atoms with Gasteiger partial charge >= 0.3 is 0 Å². The van der Waals surface area contributed by atoms with Crippen molar-refractivity contribution in [3.05, 3.63) is 65.6 Å². The van der Waals surface area contributed by atoms with Crippen LogP contribution in [0.15, 0.2) is 58.5 Å². The lowest BCUT2D eigenvalue weighted by Crippen LogP contribution is -2.42. The van der Waals surface area contributed by atoms with Crippen LogP contribution in [0.2, 0.25) is 0 Å². The van der Waals surface area contributed by atoms with Crippen LogP contribution in [0.4, 0.5) is 0 Å². The van der Waals surface area contributed by atoms with E-state index in [4.69, 9.17) is 4.42 Å². The first-order valence-electron chi connectivity index (χ1n) is 8.95. The summed E-state index contributed by atoms with van der Waals surface area (Å²) < 4.78 is 5.64. The second kappa shape index (κ2) is 8.73. The molecule has 1 aliphatic rings. The molecule has 140 valence electrons. The average Bonchev–Trinajstić information content (AvgIpc) is 3.42. The van der Waals surface area contributed by atoms with Crippen molar-refractivity contribution in [3.8, 4) is 10.6 Å². The van der Waals surface area contributed by atoms with Crippen molar-refractivity contribution in [2.45, 2.75) is 6.04 Å². The van der Waals surface area contributed by atoms with E-state index >= 15 is 0 Å². The zero-order chi connectivity index (χ0) is 18.5. The molecule has 1 aromatic carbocycles. The van der Waals surface area contributed by atoms with Gasteiger partial charge in [0.15, 0.2) is 0 Å². The Bertz CT molecular complexity index is 859. The van der Waals surface area contributed by atoms with E-state index in [1.807, 2.05) is 59.6 Å². The van der Waals surface area contributed by atoms with Crippen molar-refractivity contribution in [2.24, 2.45) is 0 Å². The maximum absolute atomic E-state index is 12.6. The number of thiazole rings is 1. The van der Waals surface area contributed by atoms with Crippen LogP contribution >= 0.6 is 23.1 Å². The van der Waals surface area contributed by atoms with E-state index in [1.165, 1.54) is 11.3 Å². The van der Waals surface area contributed by atoms with Crippen LogP contribution in [0.3, 0.4) is 0 Å². The molecule has 2 aromatic heterocycles. The minimum atomic E-state index is -0.142. The third-order valence-electron chi connectivity index (χ3n) is 4.57. The second-order valence-electron chi connectivity index (χ2n) is 6.29. The number of hydrogen-bond donors (Lipinski definition) is 1. The molecule has 1 atom stereocenters. The van der Waals surface area contributed by atoms with Crippen LogP contribution < -0.4 is 5.32 Å². The molecule has 0 unspecified atom stereocenters. The van der Waals surface area contributed by atoms with Crippen molar-refractivity contribution in [1.29, 1.82) is 0 Å². The third-order valence-corrected chi connectivity index (χ3v) is 6.41. The summed E-state index contributed by atoms with van der Waals surface area (Å²) in [4.78, 5) is 19.5. The molecule has 0 radical (unpaired) electrons. The number of benzene rings is 1. The number of hydrogen-bond acceptors (Lipinski definition) is 6. The van der Waals surface area contributed by atoms with Gasteiger partial charge < -0.3 is 9.73 Å². The minimum absolute atomic E-state index is 0.0529. The zero-order valence-corrected chi connectivity index (χ0v) is 16.5. The Hall–Kier alpha value is -2.09. The first-order valence-corrected chi connectivity index (χ1v) is 11.0. The highest BCUT2D eigenvalue weighted by Gasteiger charge is 2.25. The van der Waals surface area contributed by atoms with Crippen LogP contribution in [-0.4, -0.2) is 46.9 Å². The predicted molar refractivity (Wildman–Crippen MR) is 110 cm³/mol. The maximum Gasteiger partial charge on any atom is 0.270 e. The van der Waals surface area contributed by atoms with Gasteiger partial charge in [-0.3, -0.25) is 9.69 Å². The molecule has 4 rings (SSSR count). The summed E-state index contributed by atoms with van der Waals surface area (Å²) in [7, 11) is 0. The molecule has 1 saturated heterocycles. The quantitative estimate of drug-likeness (QED) is 0.681. The first kappa shape index (κ1) is 18.3. The molecule has 0 spiro atoms. The number of amides is 1. The number of carbonyl (C=O) groups is 1. The van der Waals surface area contributed by atoms with Gasteiger partial charge in [0, 0.05) is 42.1 Å². The molecule has 3 heterocycles. The minimum Gasteiger partial charge on any atom is -0.468 e.